The van der Waals surface area contributed by atoms with Crippen LogP contribution in [0, 0.1) is 0 Å². The maximum absolute atomic E-state index is 5.53. The zero-order valence-corrected chi connectivity index (χ0v) is 11.4. The van der Waals surface area contributed by atoms with Crippen molar-refractivity contribution in [1.82, 2.24) is 0 Å². The lowest BCUT2D eigenvalue weighted by molar-refractivity contribution is 0.340. The summed E-state index contributed by atoms with van der Waals surface area (Å²) in [6.45, 7) is 7.18. The summed E-state index contributed by atoms with van der Waals surface area (Å²) in [6, 6.07) is 12.7. The van der Waals surface area contributed by atoms with Crippen molar-refractivity contribution in [2.45, 2.75) is 26.7 Å². The summed E-state index contributed by atoms with van der Waals surface area (Å²) >= 11 is 1.87. The summed E-state index contributed by atoms with van der Waals surface area (Å²) in [6.07, 6.45) is 0. The molecule has 90 valence electrons. The van der Waals surface area contributed by atoms with Gasteiger partial charge < -0.3 is 4.74 Å². The van der Waals surface area contributed by atoms with Gasteiger partial charge in [-0.15, -0.1) is 11.3 Å². The first-order valence-corrected chi connectivity index (χ1v) is 6.85. The van der Waals surface area contributed by atoms with Crippen LogP contribution >= 0.6 is 11.3 Å². The Hall–Kier alpha value is -1.28. The summed E-state index contributed by atoms with van der Waals surface area (Å²) in [7, 11) is 0. The van der Waals surface area contributed by atoms with E-state index in [1.807, 2.05) is 24.3 Å². The Morgan fingerprint density at radius 1 is 1.18 bits per heavy atom. The van der Waals surface area contributed by atoms with Crippen LogP contribution in [-0.2, 0) is 0 Å². The normalized spacial score (nSPS) is 10.8. The molecule has 0 saturated carbocycles. The average Bonchev–Trinajstić information content (AvgIpc) is 2.79. The lowest BCUT2D eigenvalue weighted by Gasteiger charge is -2.04. The predicted molar refractivity (Wildman–Crippen MR) is 75.0 cm³/mol. The molecule has 17 heavy (non-hydrogen) atoms. The van der Waals surface area contributed by atoms with E-state index in [1.54, 1.807) is 0 Å². The third-order valence-electron chi connectivity index (χ3n) is 2.63. The van der Waals surface area contributed by atoms with Crippen molar-refractivity contribution in [3.63, 3.8) is 0 Å². The number of thiophene rings is 1. The quantitative estimate of drug-likeness (QED) is 0.742. The fourth-order valence-corrected chi connectivity index (χ4v) is 2.73. The Balaban J connectivity index is 2.28. The Kier molecular flexibility index (Phi) is 3.85. The maximum Gasteiger partial charge on any atom is 0.119 e. The first-order chi connectivity index (χ1) is 8.20. The van der Waals surface area contributed by atoms with Crippen LogP contribution in [0.3, 0.4) is 0 Å². The lowest BCUT2D eigenvalue weighted by atomic mass is 10.1. The molecule has 0 spiro atoms. The summed E-state index contributed by atoms with van der Waals surface area (Å²) in [5, 5.41) is 0. The monoisotopic (exact) mass is 246 g/mol. The molecule has 0 aliphatic carbocycles. The van der Waals surface area contributed by atoms with Gasteiger partial charge in [-0.05, 0) is 42.7 Å². The zero-order chi connectivity index (χ0) is 12.3. The molecule has 0 atom stereocenters. The number of ether oxygens (including phenoxy) is 1. The van der Waals surface area contributed by atoms with Crippen molar-refractivity contribution in [2.75, 3.05) is 6.61 Å². The third-order valence-corrected chi connectivity index (χ3v) is 4.06. The molecule has 0 unspecified atom stereocenters. The molecule has 0 amide bonds. The predicted octanol–water partition coefficient (Wildman–Crippen LogP) is 4.94. The van der Waals surface area contributed by atoms with E-state index in [4.69, 9.17) is 4.74 Å². The van der Waals surface area contributed by atoms with Crippen LogP contribution in [0.4, 0.5) is 0 Å². The highest BCUT2D eigenvalue weighted by atomic mass is 32.1. The maximum atomic E-state index is 5.53. The highest BCUT2D eigenvalue weighted by molar-refractivity contribution is 7.15. The van der Waals surface area contributed by atoms with E-state index in [0.717, 1.165) is 5.75 Å². The smallest absolute Gasteiger partial charge is 0.119 e. The first kappa shape index (κ1) is 12.2. The van der Waals surface area contributed by atoms with Gasteiger partial charge in [0, 0.05) is 9.75 Å². The largest absolute Gasteiger partial charge is 0.494 e. The van der Waals surface area contributed by atoms with E-state index in [0.29, 0.717) is 12.5 Å². The summed E-state index contributed by atoms with van der Waals surface area (Å²) < 4.78 is 5.53. The lowest BCUT2D eigenvalue weighted by Crippen LogP contribution is -1.90. The minimum atomic E-state index is 0.601. The average molecular weight is 246 g/mol. The fraction of sp³-hybridized carbons (Fsp3) is 0.333. The molecule has 0 saturated heterocycles. The highest BCUT2D eigenvalue weighted by Gasteiger charge is 2.06. The second kappa shape index (κ2) is 5.37. The van der Waals surface area contributed by atoms with Gasteiger partial charge in [0.15, 0.2) is 0 Å². The standard InChI is InChI=1S/C15H18OS/c1-4-16-13-7-5-6-12(10-13)15-9-8-14(17-15)11(2)3/h5-11H,4H2,1-3H3. The Morgan fingerprint density at radius 3 is 2.65 bits per heavy atom. The van der Waals surface area contributed by atoms with E-state index < -0.39 is 0 Å². The van der Waals surface area contributed by atoms with Crippen LogP contribution in [-0.4, -0.2) is 6.61 Å². The summed E-state index contributed by atoms with van der Waals surface area (Å²) in [4.78, 5) is 2.75. The Morgan fingerprint density at radius 2 is 2.00 bits per heavy atom. The van der Waals surface area contributed by atoms with E-state index >= 15 is 0 Å². The van der Waals surface area contributed by atoms with E-state index in [2.05, 4.69) is 44.2 Å². The van der Waals surface area contributed by atoms with Crippen LogP contribution in [0.15, 0.2) is 36.4 Å². The molecule has 0 radical (unpaired) electrons. The van der Waals surface area contributed by atoms with E-state index in [-0.39, 0.29) is 0 Å². The molecule has 0 aliphatic heterocycles. The molecular weight excluding hydrogens is 228 g/mol. The minimum Gasteiger partial charge on any atom is -0.494 e. The van der Waals surface area contributed by atoms with Crippen LogP contribution in [0.5, 0.6) is 5.75 Å². The van der Waals surface area contributed by atoms with Crippen molar-refractivity contribution in [1.29, 1.82) is 0 Å². The molecule has 0 aliphatic rings. The minimum absolute atomic E-state index is 0.601. The molecule has 1 heterocycles. The summed E-state index contributed by atoms with van der Waals surface area (Å²) in [5.74, 6) is 1.55. The van der Waals surface area contributed by atoms with Crippen molar-refractivity contribution >= 4 is 11.3 Å². The van der Waals surface area contributed by atoms with Crippen LogP contribution < -0.4 is 4.74 Å². The Bertz CT molecular complexity index is 485. The van der Waals surface area contributed by atoms with Gasteiger partial charge >= 0.3 is 0 Å². The second-order valence-corrected chi connectivity index (χ2v) is 5.43. The van der Waals surface area contributed by atoms with Crippen molar-refractivity contribution < 1.29 is 4.74 Å². The van der Waals surface area contributed by atoms with Gasteiger partial charge in [0.05, 0.1) is 6.61 Å². The van der Waals surface area contributed by atoms with Crippen LogP contribution in [0.2, 0.25) is 0 Å². The van der Waals surface area contributed by atoms with Gasteiger partial charge in [-0.2, -0.15) is 0 Å². The SMILES string of the molecule is CCOc1cccc(-c2ccc(C(C)C)s2)c1. The summed E-state index contributed by atoms with van der Waals surface area (Å²) in [5.41, 5.74) is 1.24. The number of rotatable bonds is 4. The molecule has 2 aromatic rings. The van der Waals surface area contributed by atoms with Gasteiger partial charge in [-0.3, -0.25) is 0 Å². The number of benzene rings is 1. The van der Waals surface area contributed by atoms with Crippen molar-refractivity contribution in [2.24, 2.45) is 0 Å². The molecule has 1 aromatic carbocycles. The van der Waals surface area contributed by atoms with E-state index in [1.165, 1.54) is 15.3 Å². The molecule has 1 aromatic heterocycles. The molecule has 1 nitrogen and oxygen atoms in total. The van der Waals surface area contributed by atoms with Gasteiger partial charge in [0.1, 0.15) is 5.75 Å². The molecule has 0 N–H and O–H groups in total. The van der Waals surface area contributed by atoms with Gasteiger partial charge in [-0.25, -0.2) is 0 Å². The van der Waals surface area contributed by atoms with Crippen molar-refractivity contribution in [3.8, 4) is 16.2 Å². The molecule has 0 bridgehead atoms. The molecular formula is C15H18OS. The Labute approximate surface area is 107 Å². The van der Waals surface area contributed by atoms with Gasteiger partial charge in [0.25, 0.3) is 0 Å². The molecule has 0 fully saturated rings. The fourth-order valence-electron chi connectivity index (χ4n) is 1.72. The second-order valence-electron chi connectivity index (χ2n) is 4.32. The van der Waals surface area contributed by atoms with Gasteiger partial charge in [-0.1, -0.05) is 26.0 Å². The third kappa shape index (κ3) is 2.89. The van der Waals surface area contributed by atoms with Gasteiger partial charge in [0.2, 0.25) is 0 Å². The topological polar surface area (TPSA) is 9.23 Å². The zero-order valence-electron chi connectivity index (χ0n) is 10.6. The molecule has 2 rings (SSSR count). The van der Waals surface area contributed by atoms with Crippen LogP contribution in [0.25, 0.3) is 10.4 Å². The van der Waals surface area contributed by atoms with Crippen LogP contribution in [0.1, 0.15) is 31.6 Å². The first-order valence-electron chi connectivity index (χ1n) is 6.03. The molecule has 2 heteroatoms. The number of hydrogen-bond donors (Lipinski definition) is 0. The van der Waals surface area contributed by atoms with E-state index in [9.17, 15) is 0 Å². The highest BCUT2D eigenvalue weighted by Crippen LogP contribution is 2.33. The number of hydrogen-bond acceptors (Lipinski definition) is 2. The van der Waals surface area contributed by atoms with Crippen molar-refractivity contribution in [3.05, 3.63) is 41.3 Å².